The Morgan fingerprint density at radius 3 is 2.44 bits per heavy atom. The summed E-state index contributed by atoms with van der Waals surface area (Å²) in [6.45, 7) is 1.64. The van der Waals surface area contributed by atoms with Gasteiger partial charge in [-0.05, 0) is 49.4 Å². The zero-order chi connectivity index (χ0) is 17.6. The van der Waals surface area contributed by atoms with Gasteiger partial charge in [0.1, 0.15) is 5.75 Å². The number of nitrogens with zero attached hydrogens (tertiary/aromatic N) is 3. The molecular formula is C19H17N3O3. The second kappa shape index (κ2) is 7.53. The van der Waals surface area contributed by atoms with E-state index in [1.54, 1.807) is 31.5 Å². The lowest BCUT2D eigenvalue weighted by molar-refractivity contribution is -0.147. The van der Waals surface area contributed by atoms with Crippen molar-refractivity contribution in [3.63, 3.8) is 0 Å². The van der Waals surface area contributed by atoms with Crippen LogP contribution in [0.3, 0.4) is 0 Å². The summed E-state index contributed by atoms with van der Waals surface area (Å²) >= 11 is 0. The van der Waals surface area contributed by atoms with Crippen LogP contribution in [0.4, 0.5) is 0 Å². The van der Waals surface area contributed by atoms with Crippen molar-refractivity contribution >= 4 is 5.97 Å². The molecule has 0 radical (unpaired) electrons. The third-order valence-corrected chi connectivity index (χ3v) is 3.54. The van der Waals surface area contributed by atoms with Gasteiger partial charge in [-0.1, -0.05) is 6.07 Å². The number of benzene rings is 1. The number of carbonyl (C=O) groups is 1. The van der Waals surface area contributed by atoms with E-state index in [4.69, 9.17) is 4.74 Å². The number of carbonyl (C=O) groups excluding carboxylic acids is 1. The van der Waals surface area contributed by atoms with E-state index in [9.17, 15) is 4.79 Å². The number of methoxy groups -OCH3 is 1. The fourth-order valence-corrected chi connectivity index (χ4v) is 2.26. The molecule has 0 saturated heterocycles. The van der Waals surface area contributed by atoms with Crippen molar-refractivity contribution in [2.45, 2.75) is 13.0 Å². The molecule has 2 heterocycles. The largest absolute Gasteiger partial charge is 0.479 e. The highest BCUT2D eigenvalue weighted by atomic mass is 16.6. The fraction of sp³-hybridized carbons (Fsp3) is 0.158. The van der Waals surface area contributed by atoms with Crippen molar-refractivity contribution in [1.29, 1.82) is 0 Å². The maximum Gasteiger partial charge on any atom is 0.346 e. The molecule has 0 aliphatic rings. The van der Waals surface area contributed by atoms with Crippen LogP contribution in [-0.4, -0.2) is 34.1 Å². The van der Waals surface area contributed by atoms with Gasteiger partial charge in [-0.25, -0.2) is 14.8 Å². The Labute approximate surface area is 145 Å². The lowest BCUT2D eigenvalue weighted by Gasteiger charge is -2.12. The van der Waals surface area contributed by atoms with Crippen molar-refractivity contribution in [2.75, 3.05) is 7.11 Å². The van der Waals surface area contributed by atoms with E-state index in [1.165, 1.54) is 7.11 Å². The molecule has 0 saturated carbocycles. The molecule has 1 aromatic carbocycles. The molecule has 0 aliphatic heterocycles. The second-order valence-corrected chi connectivity index (χ2v) is 5.29. The minimum absolute atomic E-state index is 0.421. The third kappa shape index (κ3) is 3.98. The van der Waals surface area contributed by atoms with Crippen LogP contribution in [0.15, 0.2) is 60.9 Å². The first-order valence-corrected chi connectivity index (χ1v) is 7.77. The SMILES string of the molecule is COC(=O)[C@H](C)Oc1ccc(-c2nccc(-c3ccccn3)n2)cc1. The summed E-state index contributed by atoms with van der Waals surface area (Å²) in [4.78, 5) is 24.6. The minimum Gasteiger partial charge on any atom is -0.479 e. The summed E-state index contributed by atoms with van der Waals surface area (Å²) in [5.41, 5.74) is 2.39. The number of rotatable bonds is 5. The van der Waals surface area contributed by atoms with Gasteiger partial charge in [-0.15, -0.1) is 0 Å². The zero-order valence-electron chi connectivity index (χ0n) is 13.9. The molecule has 0 amide bonds. The van der Waals surface area contributed by atoms with Crippen LogP contribution in [0.1, 0.15) is 6.92 Å². The van der Waals surface area contributed by atoms with Crippen LogP contribution in [-0.2, 0) is 9.53 Å². The van der Waals surface area contributed by atoms with Gasteiger partial charge in [0.25, 0.3) is 0 Å². The molecule has 0 aliphatic carbocycles. The van der Waals surface area contributed by atoms with Gasteiger partial charge < -0.3 is 9.47 Å². The highest BCUT2D eigenvalue weighted by Crippen LogP contribution is 2.22. The normalized spacial score (nSPS) is 11.6. The molecule has 3 aromatic rings. The monoisotopic (exact) mass is 335 g/mol. The Hall–Kier alpha value is -3.28. The van der Waals surface area contributed by atoms with Crippen LogP contribution < -0.4 is 4.74 Å². The molecular weight excluding hydrogens is 318 g/mol. The summed E-state index contributed by atoms with van der Waals surface area (Å²) in [6, 6.07) is 14.7. The number of hydrogen-bond acceptors (Lipinski definition) is 6. The summed E-state index contributed by atoms with van der Waals surface area (Å²) in [5.74, 6) is 0.744. The highest BCUT2D eigenvalue weighted by molar-refractivity contribution is 5.74. The Morgan fingerprint density at radius 2 is 1.76 bits per heavy atom. The summed E-state index contributed by atoms with van der Waals surface area (Å²) in [6.07, 6.45) is 2.77. The Kier molecular flexibility index (Phi) is 4.99. The van der Waals surface area contributed by atoms with Gasteiger partial charge in [-0.3, -0.25) is 4.98 Å². The number of esters is 1. The van der Waals surface area contributed by atoms with Crippen molar-refractivity contribution in [2.24, 2.45) is 0 Å². The standard InChI is InChI=1S/C19H17N3O3/c1-13(19(23)24-2)25-15-8-6-14(7-9-15)18-21-12-10-17(22-18)16-5-3-4-11-20-16/h3-13H,1-2H3/t13-/m0/s1. The van der Waals surface area contributed by atoms with E-state index in [0.29, 0.717) is 11.6 Å². The average molecular weight is 335 g/mol. The lowest BCUT2D eigenvalue weighted by atomic mass is 10.2. The first-order valence-electron chi connectivity index (χ1n) is 7.77. The highest BCUT2D eigenvalue weighted by Gasteiger charge is 2.14. The van der Waals surface area contributed by atoms with E-state index in [0.717, 1.165) is 17.0 Å². The zero-order valence-corrected chi connectivity index (χ0v) is 13.9. The molecule has 0 unspecified atom stereocenters. The maximum absolute atomic E-state index is 11.4. The van der Waals surface area contributed by atoms with Gasteiger partial charge in [-0.2, -0.15) is 0 Å². The molecule has 0 N–H and O–H groups in total. The molecule has 2 aromatic heterocycles. The van der Waals surface area contributed by atoms with Crippen molar-refractivity contribution < 1.29 is 14.3 Å². The molecule has 3 rings (SSSR count). The van der Waals surface area contributed by atoms with Gasteiger partial charge >= 0.3 is 5.97 Å². The van der Waals surface area contributed by atoms with Crippen LogP contribution >= 0.6 is 0 Å². The van der Waals surface area contributed by atoms with E-state index < -0.39 is 12.1 Å². The molecule has 1 atom stereocenters. The van der Waals surface area contributed by atoms with Crippen LogP contribution in [0.2, 0.25) is 0 Å². The van der Waals surface area contributed by atoms with Gasteiger partial charge in [0.2, 0.25) is 0 Å². The predicted molar refractivity (Wildman–Crippen MR) is 92.8 cm³/mol. The lowest BCUT2D eigenvalue weighted by Crippen LogP contribution is -2.24. The van der Waals surface area contributed by atoms with E-state index in [-0.39, 0.29) is 0 Å². The molecule has 0 bridgehead atoms. The smallest absolute Gasteiger partial charge is 0.346 e. The predicted octanol–water partition coefficient (Wildman–Crippen LogP) is 3.15. The summed E-state index contributed by atoms with van der Waals surface area (Å²) in [5, 5.41) is 0. The number of hydrogen-bond donors (Lipinski definition) is 0. The second-order valence-electron chi connectivity index (χ2n) is 5.29. The first-order chi connectivity index (χ1) is 12.2. The molecule has 25 heavy (non-hydrogen) atoms. The van der Waals surface area contributed by atoms with Crippen LogP contribution in [0.5, 0.6) is 5.75 Å². The van der Waals surface area contributed by atoms with Crippen molar-refractivity contribution in [3.8, 4) is 28.5 Å². The summed E-state index contributed by atoms with van der Waals surface area (Å²) < 4.78 is 10.2. The quantitative estimate of drug-likeness (QED) is 0.667. The van der Waals surface area contributed by atoms with Crippen molar-refractivity contribution in [3.05, 3.63) is 60.9 Å². The molecule has 6 heteroatoms. The van der Waals surface area contributed by atoms with Crippen LogP contribution in [0.25, 0.3) is 22.8 Å². The van der Waals surface area contributed by atoms with Crippen LogP contribution in [0, 0.1) is 0 Å². The Bertz CT molecular complexity index is 851. The van der Waals surface area contributed by atoms with E-state index >= 15 is 0 Å². The number of pyridine rings is 1. The molecule has 126 valence electrons. The van der Waals surface area contributed by atoms with E-state index in [2.05, 4.69) is 19.7 Å². The average Bonchev–Trinajstić information content (AvgIpc) is 2.68. The number of ether oxygens (including phenoxy) is 2. The number of aromatic nitrogens is 3. The van der Waals surface area contributed by atoms with Gasteiger partial charge in [0.15, 0.2) is 11.9 Å². The van der Waals surface area contributed by atoms with E-state index in [1.807, 2.05) is 36.4 Å². The molecule has 6 nitrogen and oxygen atoms in total. The van der Waals surface area contributed by atoms with Gasteiger partial charge in [0.05, 0.1) is 18.5 Å². The molecule has 0 spiro atoms. The Balaban J connectivity index is 1.80. The third-order valence-electron chi connectivity index (χ3n) is 3.54. The fourth-order valence-electron chi connectivity index (χ4n) is 2.26. The topological polar surface area (TPSA) is 74.2 Å². The Morgan fingerprint density at radius 1 is 0.960 bits per heavy atom. The maximum atomic E-state index is 11.4. The minimum atomic E-state index is -0.667. The van der Waals surface area contributed by atoms with Crippen molar-refractivity contribution in [1.82, 2.24) is 15.0 Å². The van der Waals surface area contributed by atoms with Gasteiger partial charge in [0, 0.05) is 18.0 Å². The molecule has 0 fully saturated rings. The summed E-state index contributed by atoms with van der Waals surface area (Å²) in [7, 11) is 1.33. The first kappa shape index (κ1) is 16.6.